The topological polar surface area (TPSA) is 55.1 Å². The summed E-state index contributed by atoms with van der Waals surface area (Å²) in [6, 6.07) is 5.20. The van der Waals surface area contributed by atoms with Crippen molar-refractivity contribution in [1.82, 2.24) is 5.32 Å². The lowest BCUT2D eigenvalue weighted by atomic mass is 9.88. The van der Waals surface area contributed by atoms with E-state index < -0.39 is 5.54 Å². The molecule has 1 aromatic carbocycles. The first-order chi connectivity index (χ1) is 8.80. The number of hydrogen-bond donors (Lipinski definition) is 2. The van der Waals surface area contributed by atoms with Crippen molar-refractivity contribution in [2.45, 2.75) is 32.7 Å². The number of benzene rings is 1. The summed E-state index contributed by atoms with van der Waals surface area (Å²) in [6.45, 7) is 6.36. The van der Waals surface area contributed by atoms with Crippen molar-refractivity contribution in [3.63, 3.8) is 0 Å². The first-order valence-electron chi connectivity index (χ1n) is 6.24. The summed E-state index contributed by atoms with van der Waals surface area (Å²) in [5.74, 6) is 0.111. The van der Waals surface area contributed by atoms with Gasteiger partial charge in [-0.05, 0) is 30.5 Å². The Morgan fingerprint density at radius 3 is 2.32 bits per heavy atom. The largest absolute Gasteiger partial charge is 0.349 e. The molecule has 3 N–H and O–H groups in total. The first kappa shape index (κ1) is 16.3. The smallest absolute Gasteiger partial charge is 0.225 e. The summed E-state index contributed by atoms with van der Waals surface area (Å²) in [5.41, 5.74) is 5.96. The minimum absolute atomic E-state index is 0.128. The monoisotopic (exact) mass is 302 g/mol. The van der Waals surface area contributed by atoms with E-state index >= 15 is 0 Å². The number of nitrogens with one attached hydrogen (secondary N) is 1. The molecule has 19 heavy (non-hydrogen) atoms. The lowest BCUT2D eigenvalue weighted by Gasteiger charge is -2.33. The number of carbonyl (C=O) groups excluding carboxylic acids is 1. The Balaban J connectivity index is 2.81. The SMILES string of the molecule is CC(C)C(C)(CN)NC(=O)Cc1c(Cl)cccc1Cl. The van der Waals surface area contributed by atoms with Crippen LogP contribution in [0.4, 0.5) is 0 Å². The van der Waals surface area contributed by atoms with Crippen LogP contribution in [0.1, 0.15) is 26.3 Å². The van der Waals surface area contributed by atoms with Crippen molar-refractivity contribution >= 4 is 29.1 Å². The second-order valence-corrected chi connectivity index (χ2v) is 6.02. The van der Waals surface area contributed by atoms with Gasteiger partial charge < -0.3 is 11.1 Å². The molecule has 0 heterocycles. The Morgan fingerprint density at radius 1 is 1.37 bits per heavy atom. The molecule has 0 saturated carbocycles. The van der Waals surface area contributed by atoms with Crippen LogP contribution in [0.5, 0.6) is 0 Å². The summed E-state index contributed by atoms with van der Waals surface area (Å²) in [5, 5.41) is 3.97. The van der Waals surface area contributed by atoms with Gasteiger partial charge in [0.1, 0.15) is 0 Å². The van der Waals surface area contributed by atoms with Gasteiger partial charge in [0.25, 0.3) is 0 Å². The van der Waals surface area contributed by atoms with Crippen LogP contribution in [0.2, 0.25) is 10.0 Å². The van der Waals surface area contributed by atoms with Crippen LogP contribution in [-0.2, 0) is 11.2 Å². The quantitative estimate of drug-likeness (QED) is 0.878. The van der Waals surface area contributed by atoms with E-state index in [1.54, 1.807) is 18.2 Å². The van der Waals surface area contributed by atoms with Crippen molar-refractivity contribution in [2.75, 3.05) is 6.54 Å². The molecule has 1 unspecified atom stereocenters. The fourth-order valence-electron chi connectivity index (χ4n) is 1.66. The van der Waals surface area contributed by atoms with Gasteiger partial charge in [-0.25, -0.2) is 0 Å². The molecule has 0 aliphatic carbocycles. The highest BCUT2D eigenvalue weighted by atomic mass is 35.5. The molecule has 0 bridgehead atoms. The lowest BCUT2D eigenvalue weighted by Crippen LogP contribution is -2.55. The molecular weight excluding hydrogens is 283 g/mol. The zero-order valence-corrected chi connectivity index (χ0v) is 13.0. The standard InChI is InChI=1S/C14H20Cl2N2O/c1-9(2)14(3,8-17)18-13(19)7-10-11(15)5-4-6-12(10)16/h4-6,9H,7-8,17H2,1-3H3,(H,18,19). The molecule has 1 aromatic rings. The Morgan fingerprint density at radius 2 is 1.89 bits per heavy atom. The van der Waals surface area contributed by atoms with E-state index in [1.165, 1.54) is 0 Å². The molecule has 106 valence electrons. The molecule has 1 atom stereocenters. The van der Waals surface area contributed by atoms with Crippen LogP contribution in [0, 0.1) is 5.92 Å². The molecule has 1 rings (SSSR count). The Bertz CT molecular complexity index is 443. The van der Waals surface area contributed by atoms with Gasteiger partial charge in [-0.15, -0.1) is 0 Å². The third-order valence-corrected chi connectivity index (χ3v) is 4.23. The highest BCUT2D eigenvalue weighted by molar-refractivity contribution is 6.36. The molecule has 0 spiro atoms. The van der Waals surface area contributed by atoms with E-state index in [4.69, 9.17) is 28.9 Å². The fraction of sp³-hybridized carbons (Fsp3) is 0.500. The highest BCUT2D eigenvalue weighted by Gasteiger charge is 2.28. The highest BCUT2D eigenvalue weighted by Crippen LogP contribution is 2.25. The van der Waals surface area contributed by atoms with Crippen molar-refractivity contribution in [3.8, 4) is 0 Å². The Kier molecular flexibility index (Phi) is 5.65. The van der Waals surface area contributed by atoms with Gasteiger partial charge >= 0.3 is 0 Å². The van der Waals surface area contributed by atoms with E-state index in [0.29, 0.717) is 22.2 Å². The number of hydrogen-bond acceptors (Lipinski definition) is 2. The number of rotatable bonds is 5. The molecule has 1 amide bonds. The van der Waals surface area contributed by atoms with Crippen LogP contribution in [0.15, 0.2) is 18.2 Å². The molecule has 0 aliphatic rings. The van der Waals surface area contributed by atoms with Gasteiger partial charge in [0, 0.05) is 16.6 Å². The van der Waals surface area contributed by atoms with E-state index in [0.717, 1.165) is 0 Å². The molecule has 5 heteroatoms. The number of amides is 1. The van der Waals surface area contributed by atoms with Crippen molar-refractivity contribution < 1.29 is 4.79 Å². The number of halogens is 2. The van der Waals surface area contributed by atoms with E-state index in [2.05, 4.69) is 5.32 Å². The van der Waals surface area contributed by atoms with Crippen LogP contribution < -0.4 is 11.1 Å². The first-order valence-corrected chi connectivity index (χ1v) is 6.99. The van der Waals surface area contributed by atoms with Crippen molar-refractivity contribution in [1.29, 1.82) is 0 Å². The summed E-state index contributed by atoms with van der Waals surface area (Å²) in [7, 11) is 0. The van der Waals surface area contributed by atoms with E-state index in [-0.39, 0.29) is 18.2 Å². The summed E-state index contributed by atoms with van der Waals surface area (Å²) < 4.78 is 0. The number of carbonyl (C=O) groups is 1. The summed E-state index contributed by atoms with van der Waals surface area (Å²) in [6.07, 6.45) is 0.154. The predicted octanol–water partition coefficient (Wildman–Crippen LogP) is 3.03. The molecule has 0 radical (unpaired) electrons. The van der Waals surface area contributed by atoms with Gasteiger partial charge in [-0.3, -0.25) is 4.79 Å². The fourth-order valence-corrected chi connectivity index (χ4v) is 2.19. The van der Waals surface area contributed by atoms with Crippen LogP contribution >= 0.6 is 23.2 Å². The van der Waals surface area contributed by atoms with Crippen LogP contribution in [0.3, 0.4) is 0 Å². The summed E-state index contributed by atoms with van der Waals surface area (Å²) in [4.78, 5) is 12.1. The van der Waals surface area contributed by atoms with Gasteiger partial charge in [0.15, 0.2) is 0 Å². The maximum atomic E-state index is 12.1. The van der Waals surface area contributed by atoms with Gasteiger partial charge in [-0.2, -0.15) is 0 Å². The number of nitrogens with two attached hydrogens (primary N) is 1. The summed E-state index contributed by atoms with van der Waals surface area (Å²) >= 11 is 12.1. The third-order valence-electron chi connectivity index (χ3n) is 3.52. The predicted molar refractivity (Wildman–Crippen MR) is 80.6 cm³/mol. The molecule has 3 nitrogen and oxygen atoms in total. The second kappa shape index (κ2) is 6.60. The van der Waals surface area contributed by atoms with E-state index in [1.807, 2.05) is 20.8 Å². The Labute approximate surface area is 124 Å². The zero-order chi connectivity index (χ0) is 14.6. The maximum absolute atomic E-state index is 12.1. The lowest BCUT2D eigenvalue weighted by molar-refractivity contribution is -0.122. The van der Waals surface area contributed by atoms with E-state index in [9.17, 15) is 4.79 Å². The third kappa shape index (κ3) is 4.10. The van der Waals surface area contributed by atoms with Gasteiger partial charge in [0.05, 0.1) is 12.0 Å². The Hall–Kier alpha value is -0.770. The van der Waals surface area contributed by atoms with Crippen LogP contribution in [-0.4, -0.2) is 18.0 Å². The van der Waals surface area contributed by atoms with Gasteiger partial charge in [-0.1, -0.05) is 43.1 Å². The van der Waals surface area contributed by atoms with Crippen molar-refractivity contribution in [2.24, 2.45) is 11.7 Å². The molecule has 0 aromatic heterocycles. The minimum atomic E-state index is -0.426. The zero-order valence-electron chi connectivity index (χ0n) is 11.5. The minimum Gasteiger partial charge on any atom is -0.349 e. The average Bonchev–Trinajstić information content (AvgIpc) is 2.33. The maximum Gasteiger partial charge on any atom is 0.225 e. The molecular formula is C14H20Cl2N2O. The second-order valence-electron chi connectivity index (χ2n) is 5.20. The van der Waals surface area contributed by atoms with Crippen LogP contribution in [0.25, 0.3) is 0 Å². The molecule has 0 saturated heterocycles. The van der Waals surface area contributed by atoms with Gasteiger partial charge in [0.2, 0.25) is 5.91 Å². The molecule has 0 aliphatic heterocycles. The normalized spacial score (nSPS) is 14.3. The van der Waals surface area contributed by atoms with Crippen molar-refractivity contribution in [3.05, 3.63) is 33.8 Å². The molecule has 0 fully saturated rings. The average molecular weight is 303 g/mol.